The van der Waals surface area contributed by atoms with Gasteiger partial charge in [0, 0.05) is 38.6 Å². The van der Waals surface area contributed by atoms with E-state index in [0.717, 1.165) is 31.9 Å². The molecular weight excluding hydrogens is 499 g/mol. The van der Waals surface area contributed by atoms with Gasteiger partial charge in [-0.2, -0.15) is 0 Å². The fourth-order valence-corrected chi connectivity index (χ4v) is 5.44. The van der Waals surface area contributed by atoms with Gasteiger partial charge in [0.25, 0.3) is 0 Å². The van der Waals surface area contributed by atoms with E-state index in [1.54, 1.807) is 4.31 Å². The Morgan fingerprint density at radius 2 is 1.76 bits per heavy atom. The zero-order valence-electron chi connectivity index (χ0n) is 17.6. The summed E-state index contributed by atoms with van der Waals surface area (Å²) in [6, 6.07) is 10.8. The molecule has 0 spiro atoms. The van der Waals surface area contributed by atoms with Crippen LogP contribution >= 0.6 is 24.0 Å². The first kappa shape index (κ1) is 24.4. The summed E-state index contributed by atoms with van der Waals surface area (Å²) in [7, 11) is -1.25. The van der Waals surface area contributed by atoms with E-state index in [9.17, 15) is 8.42 Å². The minimum atomic E-state index is -3.06. The third kappa shape index (κ3) is 6.55. The minimum Gasteiger partial charge on any atom is -0.356 e. The second-order valence-electron chi connectivity index (χ2n) is 8.27. The van der Waals surface area contributed by atoms with Crippen molar-refractivity contribution in [2.75, 3.05) is 39.5 Å². The quantitative estimate of drug-likeness (QED) is 0.335. The Morgan fingerprint density at radius 1 is 1.14 bits per heavy atom. The zero-order chi connectivity index (χ0) is 20.0. The maximum Gasteiger partial charge on any atom is 0.211 e. The number of guanidine groups is 1. The van der Waals surface area contributed by atoms with Crippen LogP contribution in [0.5, 0.6) is 0 Å². The van der Waals surface area contributed by atoms with Gasteiger partial charge >= 0.3 is 0 Å². The predicted octanol–water partition coefficient (Wildman–Crippen LogP) is 2.95. The predicted molar refractivity (Wildman–Crippen MR) is 131 cm³/mol. The van der Waals surface area contributed by atoms with Gasteiger partial charge in [0.2, 0.25) is 10.0 Å². The number of rotatable bonds is 6. The Labute approximate surface area is 193 Å². The first-order chi connectivity index (χ1) is 13.4. The van der Waals surface area contributed by atoms with E-state index < -0.39 is 10.0 Å². The van der Waals surface area contributed by atoms with E-state index >= 15 is 0 Å². The molecule has 8 heteroatoms. The molecule has 0 bridgehead atoms. The van der Waals surface area contributed by atoms with Crippen molar-refractivity contribution in [2.45, 2.75) is 43.9 Å². The van der Waals surface area contributed by atoms with Gasteiger partial charge in [0.15, 0.2) is 5.96 Å². The lowest BCUT2D eigenvalue weighted by atomic mass is 9.79. The molecule has 0 radical (unpaired) electrons. The van der Waals surface area contributed by atoms with Crippen molar-refractivity contribution in [3.63, 3.8) is 0 Å². The number of aliphatic imine (C=N–C) groups is 1. The highest BCUT2D eigenvalue weighted by Crippen LogP contribution is 2.40. The van der Waals surface area contributed by atoms with Gasteiger partial charge in [-0.05, 0) is 37.2 Å². The summed E-state index contributed by atoms with van der Waals surface area (Å²) in [5.41, 5.74) is 1.61. The van der Waals surface area contributed by atoms with Crippen molar-refractivity contribution in [2.24, 2.45) is 10.9 Å². The number of benzene rings is 1. The fourth-order valence-electron chi connectivity index (χ4n) is 4.57. The molecule has 0 atom stereocenters. The average Bonchev–Trinajstić information content (AvgIpc) is 3.19. The molecule has 1 saturated carbocycles. The molecule has 1 aliphatic heterocycles. The molecule has 1 aromatic rings. The smallest absolute Gasteiger partial charge is 0.211 e. The van der Waals surface area contributed by atoms with Crippen LogP contribution in [0.1, 0.15) is 44.1 Å². The van der Waals surface area contributed by atoms with Crippen LogP contribution in [0.3, 0.4) is 0 Å². The number of piperidine rings is 1. The molecular formula is C21H35IN4O2S. The van der Waals surface area contributed by atoms with Crippen LogP contribution in [-0.2, 0) is 15.4 Å². The molecule has 29 heavy (non-hydrogen) atoms. The van der Waals surface area contributed by atoms with Gasteiger partial charge in [-0.15, -0.1) is 24.0 Å². The van der Waals surface area contributed by atoms with Crippen LogP contribution in [0.2, 0.25) is 0 Å². The summed E-state index contributed by atoms with van der Waals surface area (Å²) in [4.78, 5) is 4.40. The third-order valence-electron chi connectivity index (χ3n) is 6.37. The summed E-state index contributed by atoms with van der Waals surface area (Å²) in [5, 5.41) is 7.01. The van der Waals surface area contributed by atoms with E-state index in [1.165, 1.54) is 37.5 Å². The van der Waals surface area contributed by atoms with Crippen molar-refractivity contribution < 1.29 is 8.42 Å². The van der Waals surface area contributed by atoms with E-state index in [0.29, 0.717) is 19.0 Å². The lowest BCUT2D eigenvalue weighted by molar-refractivity contribution is 0.274. The maximum atomic E-state index is 11.6. The molecule has 3 rings (SSSR count). The molecule has 0 unspecified atom stereocenters. The molecule has 2 N–H and O–H groups in total. The highest BCUT2D eigenvalue weighted by atomic mass is 127. The van der Waals surface area contributed by atoms with Crippen LogP contribution in [0.15, 0.2) is 35.3 Å². The lowest BCUT2D eigenvalue weighted by Crippen LogP contribution is -2.47. The monoisotopic (exact) mass is 534 g/mol. The Morgan fingerprint density at radius 3 is 2.31 bits per heavy atom. The number of halogens is 1. The summed E-state index contributed by atoms with van der Waals surface area (Å²) in [6.45, 7) is 2.96. The van der Waals surface area contributed by atoms with Crippen molar-refractivity contribution in [3.05, 3.63) is 35.9 Å². The standard InChI is InChI=1S/C21H34N4O2S.HI/c1-22-20(23-16-18-10-14-25(15-11-18)28(2,26)27)24-17-21(12-6-7-13-21)19-8-4-3-5-9-19;/h3-5,8-9,18H,6-7,10-17H2,1-2H3,(H2,22,23,24);1H. The molecule has 164 valence electrons. The first-order valence-corrected chi connectivity index (χ1v) is 12.2. The summed E-state index contributed by atoms with van der Waals surface area (Å²) < 4.78 is 24.9. The Balaban J connectivity index is 0.00000300. The second kappa shape index (κ2) is 10.9. The summed E-state index contributed by atoms with van der Waals surface area (Å²) in [6.07, 6.45) is 8.07. The molecule has 6 nitrogen and oxygen atoms in total. The van der Waals surface area contributed by atoms with Crippen LogP contribution in [0.4, 0.5) is 0 Å². The largest absolute Gasteiger partial charge is 0.356 e. The third-order valence-corrected chi connectivity index (χ3v) is 7.67. The van der Waals surface area contributed by atoms with Crippen LogP contribution in [0.25, 0.3) is 0 Å². The lowest BCUT2D eigenvalue weighted by Gasteiger charge is -2.32. The molecule has 1 heterocycles. The van der Waals surface area contributed by atoms with Gasteiger partial charge < -0.3 is 10.6 Å². The summed E-state index contributed by atoms with van der Waals surface area (Å²) >= 11 is 0. The number of nitrogens with one attached hydrogen (secondary N) is 2. The van der Waals surface area contributed by atoms with Crippen molar-refractivity contribution in [3.8, 4) is 0 Å². The van der Waals surface area contributed by atoms with Gasteiger partial charge in [0.05, 0.1) is 6.26 Å². The van der Waals surface area contributed by atoms with Crippen LogP contribution in [-0.4, -0.2) is 58.2 Å². The molecule has 0 aromatic heterocycles. The second-order valence-corrected chi connectivity index (χ2v) is 10.2. The van der Waals surface area contributed by atoms with E-state index in [-0.39, 0.29) is 29.4 Å². The number of sulfonamides is 1. The first-order valence-electron chi connectivity index (χ1n) is 10.4. The average molecular weight is 535 g/mol. The highest BCUT2D eigenvalue weighted by molar-refractivity contribution is 14.0. The molecule has 0 amide bonds. The van der Waals surface area contributed by atoms with E-state index in [2.05, 4.69) is 46.0 Å². The maximum absolute atomic E-state index is 11.6. The minimum absolute atomic E-state index is 0. The molecule has 1 saturated heterocycles. The van der Waals surface area contributed by atoms with Gasteiger partial charge in [0.1, 0.15) is 0 Å². The number of hydrogen-bond acceptors (Lipinski definition) is 3. The molecule has 1 aromatic carbocycles. The van der Waals surface area contributed by atoms with Gasteiger partial charge in [-0.3, -0.25) is 4.99 Å². The topological polar surface area (TPSA) is 73.8 Å². The molecule has 2 aliphatic rings. The molecule has 1 aliphatic carbocycles. The van der Waals surface area contributed by atoms with Gasteiger partial charge in [-0.1, -0.05) is 43.2 Å². The number of nitrogens with zero attached hydrogens (tertiary/aromatic N) is 2. The molecule has 2 fully saturated rings. The van der Waals surface area contributed by atoms with Crippen LogP contribution in [0, 0.1) is 5.92 Å². The van der Waals surface area contributed by atoms with Crippen molar-refractivity contribution in [1.82, 2.24) is 14.9 Å². The van der Waals surface area contributed by atoms with E-state index in [1.807, 2.05) is 7.05 Å². The fraction of sp³-hybridized carbons (Fsp3) is 0.667. The van der Waals surface area contributed by atoms with Crippen molar-refractivity contribution >= 4 is 40.0 Å². The van der Waals surface area contributed by atoms with Gasteiger partial charge in [-0.25, -0.2) is 12.7 Å². The van der Waals surface area contributed by atoms with E-state index in [4.69, 9.17) is 0 Å². The Hall–Kier alpha value is -0.870. The Kier molecular flexibility index (Phi) is 9.21. The normalized spacial score (nSPS) is 20.8. The SMILES string of the molecule is CN=C(NCC1CCN(S(C)(=O)=O)CC1)NCC1(c2ccccc2)CCCC1.I. The van der Waals surface area contributed by atoms with Crippen LogP contribution < -0.4 is 10.6 Å². The summed E-state index contributed by atoms with van der Waals surface area (Å²) in [5.74, 6) is 1.32. The highest BCUT2D eigenvalue weighted by Gasteiger charge is 2.35. The van der Waals surface area contributed by atoms with Crippen molar-refractivity contribution in [1.29, 1.82) is 0 Å². The number of hydrogen-bond donors (Lipinski definition) is 2. The Bertz CT molecular complexity index is 756. The zero-order valence-corrected chi connectivity index (χ0v) is 20.7.